The fourth-order valence-electron chi connectivity index (χ4n) is 1.96. The van der Waals surface area contributed by atoms with Crippen LogP contribution >= 0.6 is 0 Å². The average Bonchev–Trinajstić information content (AvgIpc) is 2.88. The van der Waals surface area contributed by atoms with Gasteiger partial charge >= 0.3 is 5.97 Å². The number of carbonyl (C=O) groups is 2. The highest BCUT2D eigenvalue weighted by atomic mass is 16.7. The number of carbonyl (C=O) groups excluding carboxylic acids is 2. The van der Waals surface area contributed by atoms with Crippen molar-refractivity contribution in [3.05, 3.63) is 0 Å². The van der Waals surface area contributed by atoms with Gasteiger partial charge in [0.1, 0.15) is 5.60 Å². The van der Waals surface area contributed by atoms with Crippen LogP contribution in [0.15, 0.2) is 0 Å². The van der Waals surface area contributed by atoms with E-state index in [0.29, 0.717) is 6.42 Å². The van der Waals surface area contributed by atoms with Crippen LogP contribution in [0.3, 0.4) is 0 Å². The predicted octanol–water partition coefficient (Wildman–Crippen LogP) is -1.06. The number of nitrogens with two attached hydrogens (primary N) is 1. The summed E-state index contributed by atoms with van der Waals surface area (Å²) in [6.45, 7) is 3.14. The zero-order valence-electron chi connectivity index (χ0n) is 8.94. The van der Waals surface area contributed by atoms with Crippen LogP contribution in [0.4, 0.5) is 0 Å². The summed E-state index contributed by atoms with van der Waals surface area (Å²) in [6, 6.07) is 0. The van der Waals surface area contributed by atoms with E-state index in [9.17, 15) is 14.7 Å². The standard InChI is InChI=1S/C9H15NO5/c1-4-8(5(2)11)9(15-8,6(10)12)7(13)14-3/h5,11H,4H2,1-3H3,(H2,10,12). The third kappa shape index (κ3) is 1.25. The maximum absolute atomic E-state index is 11.5. The molecule has 1 amide bonds. The highest BCUT2D eigenvalue weighted by Crippen LogP contribution is 2.53. The molecule has 1 saturated heterocycles. The summed E-state index contributed by atoms with van der Waals surface area (Å²) in [5.74, 6) is -1.80. The van der Waals surface area contributed by atoms with Crippen LogP contribution in [0.5, 0.6) is 0 Å². The molecule has 6 nitrogen and oxygen atoms in total. The summed E-state index contributed by atoms with van der Waals surface area (Å²) in [5.41, 5.74) is 2.05. The van der Waals surface area contributed by atoms with Crippen LogP contribution in [0, 0.1) is 0 Å². The number of hydrogen-bond donors (Lipinski definition) is 2. The molecule has 0 aromatic rings. The Balaban J connectivity index is 3.10. The van der Waals surface area contributed by atoms with Crippen molar-refractivity contribution >= 4 is 11.9 Å². The number of primary amides is 1. The van der Waals surface area contributed by atoms with Gasteiger partial charge in [0.25, 0.3) is 11.5 Å². The molecule has 86 valence electrons. The SMILES string of the molecule is CCC1(C(C)O)OC1(C(N)=O)C(=O)OC. The lowest BCUT2D eigenvalue weighted by Gasteiger charge is -2.17. The van der Waals surface area contributed by atoms with Crippen molar-refractivity contribution in [2.75, 3.05) is 7.11 Å². The molecule has 0 aromatic heterocycles. The van der Waals surface area contributed by atoms with Crippen molar-refractivity contribution in [3.63, 3.8) is 0 Å². The Morgan fingerprint density at radius 2 is 2.13 bits per heavy atom. The molecule has 15 heavy (non-hydrogen) atoms. The number of methoxy groups -OCH3 is 1. The molecule has 0 aromatic carbocycles. The quantitative estimate of drug-likeness (QED) is 0.355. The van der Waals surface area contributed by atoms with E-state index in [1.165, 1.54) is 6.92 Å². The monoisotopic (exact) mass is 217 g/mol. The molecule has 6 heteroatoms. The van der Waals surface area contributed by atoms with Crippen LogP contribution in [0.2, 0.25) is 0 Å². The predicted molar refractivity (Wildman–Crippen MR) is 49.7 cm³/mol. The molecule has 3 unspecified atom stereocenters. The summed E-state index contributed by atoms with van der Waals surface area (Å²) in [4.78, 5) is 22.7. The minimum absolute atomic E-state index is 0.294. The smallest absolute Gasteiger partial charge is 0.351 e. The van der Waals surface area contributed by atoms with Gasteiger partial charge in [-0.3, -0.25) is 4.79 Å². The van der Waals surface area contributed by atoms with Crippen molar-refractivity contribution in [3.8, 4) is 0 Å². The fraction of sp³-hybridized carbons (Fsp3) is 0.778. The third-order valence-electron chi connectivity index (χ3n) is 2.91. The van der Waals surface area contributed by atoms with E-state index in [1.807, 2.05) is 0 Å². The van der Waals surface area contributed by atoms with Gasteiger partial charge in [-0.2, -0.15) is 0 Å². The molecule has 0 spiro atoms. The number of ether oxygens (including phenoxy) is 2. The first-order valence-corrected chi connectivity index (χ1v) is 4.65. The second-order valence-electron chi connectivity index (χ2n) is 3.56. The van der Waals surface area contributed by atoms with Gasteiger partial charge in [0.15, 0.2) is 0 Å². The Morgan fingerprint density at radius 3 is 2.33 bits per heavy atom. The second-order valence-corrected chi connectivity index (χ2v) is 3.56. The maximum Gasteiger partial charge on any atom is 0.351 e. The summed E-state index contributed by atoms with van der Waals surface area (Å²) in [6.07, 6.45) is -0.683. The van der Waals surface area contributed by atoms with Gasteiger partial charge in [0.05, 0.1) is 13.2 Å². The summed E-state index contributed by atoms with van der Waals surface area (Å²) < 4.78 is 9.59. The number of aliphatic hydroxyl groups excluding tert-OH is 1. The third-order valence-corrected chi connectivity index (χ3v) is 2.91. The molecule has 1 fully saturated rings. The fourth-order valence-corrected chi connectivity index (χ4v) is 1.96. The number of aliphatic hydroxyl groups is 1. The lowest BCUT2D eigenvalue weighted by molar-refractivity contribution is -0.151. The number of epoxide rings is 1. The average molecular weight is 217 g/mol. The van der Waals surface area contributed by atoms with Gasteiger partial charge in [-0.1, -0.05) is 6.92 Å². The number of esters is 1. The number of rotatable bonds is 4. The minimum atomic E-state index is -1.83. The summed E-state index contributed by atoms with van der Waals surface area (Å²) in [7, 11) is 1.14. The summed E-state index contributed by atoms with van der Waals surface area (Å²) >= 11 is 0. The molecule has 0 bridgehead atoms. The molecule has 0 radical (unpaired) electrons. The van der Waals surface area contributed by atoms with Crippen LogP contribution < -0.4 is 5.73 Å². The first-order chi connectivity index (χ1) is 6.89. The van der Waals surface area contributed by atoms with Crippen LogP contribution in [-0.4, -0.2) is 41.4 Å². The van der Waals surface area contributed by atoms with Gasteiger partial charge in [-0.25, -0.2) is 4.79 Å². The van der Waals surface area contributed by atoms with Gasteiger partial charge in [0, 0.05) is 0 Å². The van der Waals surface area contributed by atoms with Gasteiger partial charge < -0.3 is 20.3 Å². The Morgan fingerprint density at radius 1 is 1.60 bits per heavy atom. The minimum Gasteiger partial charge on any atom is -0.466 e. The van der Waals surface area contributed by atoms with E-state index in [2.05, 4.69) is 4.74 Å². The van der Waals surface area contributed by atoms with Gasteiger partial charge in [-0.15, -0.1) is 0 Å². The topological polar surface area (TPSA) is 102 Å². The van der Waals surface area contributed by atoms with Crippen LogP contribution in [0.1, 0.15) is 20.3 Å². The highest BCUT2D eigenvalue weighted by molar-refractivity contribution is 6.10. The first-order valence-electron chi connectivity index (χ1n) is 4.65. The molecule has 0 aliphatic carbocycles. The molecule has 1 heterocycles. The zero-order chi connectivity index (χ0) is 11.9. The Labute approximate surface area is 87.3 Å². The Bertz CT molecular complexity index is 303. The van der Waals surface area contributed by atoms with Gasteiger partial charge in [0.2, 0.25) is 0 Å². The van der Waals surface area contributed by atoms with E-state index < -0.39 is 29.2 Å². The van der Waals surface area contributed by atoms with E-state index in [4.69, 9.17) is 10.5 Å². The normalized spacial score (nSPS) is 35.7. The van der Waals surface area contributed by atoms with Crippen molar-refractivity contribution in [1.29, 1.82) is 0 Å². The molecule has 0 saturated carbocycles. The Hall–Kier alpha value is -1.14. The van der Waals surface area contributed by atoms with Crippen molar-refractivity contribution in [2.24, 2.45) is 5.73 Å². The summed E-state index contributed by atoms with van der Waals surface area (Å²) in [5, 5.41) is 9.53. The lowest BCUT2D eigenvalue weighted by atomic mass is 9.85. The molecular formula is C9H15NO5. The van der Waals surface area contributed by atoms with Crippen molar-refractivity contribution in [2.45, 2.75) is 37.6 Å². The van der Waals surface area contributed by atoms with E-state index >= 15 is 0 Å². The van der Waals surface area contributed by atoms with E-state index in [-0.39, 0.29) is 0 Å². The molecule has 1 aliphatic rings. The molecular weight excluding hydrogens is 202 g/mol. The van der Waals surface area contributed by atoms with Crippen LogP contribution in [-0.2, 0) is 19.1 Å². The molecule has 1 aliphatic heterocycles. The number of amides is 1. The zero-order valence-corrected chi connectivity index (χ0v) is 8.94. The number of hydrogen-bond acceptors (Lipinski definition) is 5. The van der Waals surface area contributed by atoms with Crippen molar-refractivity contribution in [1.82, 2.24) is 0 Å². The molecule has 3 atom stereocenters. The van der Waals surface area contributed by atoms with Crippen molar-refractivity contribution < 1.29 is 24.2 Å². The highest BCUT2D eigenvalue weighted by Gasteiger charge is 2.81. The lowest BCUT2D eigenvalue weighted by Crippen LogP contribution is -2.49. The molecule has 1 rings (SSSR count). The second kappa shape index (κ2) is 3.46. The Kier molecular flexibility index (Phi) is 2.75. The van der Waals surface area contributed by atoms with Crippen LogP contribution in [0.25, 0.3) is 0 Å². The largest absolute Gasteiger partial charge is 0.466 e. The maximum atomic E-state index is 11.5. The van der Waals surface area contributed by atoms with E-state index in [0.717, 1.165) is 7.11 Å². The van der Waals surface area contributed by atoms with Gasteiger partial charge in [-0.05, 0) is 13.3 Å². The first kappa shape index (κ1) is 11.9. The molecule has 3 N–H and O–H groups in total. The van der Waals surface area contributed by atoms with E-state index in [1.54, 1.807) is 6.92 Å².